The van der Waals surface area contributed by atoms with Crippen molar-refractivity contribution in [2.75, 3.05) is 5.73 Å². The molecule has 18 heavy (non-hydrogen) atoms. The Morgan fingerprint density at radius 1 is 1.11 bits per heavy atom. The smallest absolute Gasteiger partial charge is 0.249 e. The molecule has 0 radical (unpaired) electrons. The number of primary amides is 1. The zero-order valence-corrected chi connectivity index (χ0v) is 10.0. The zero-order chi connectivity index (χ0) is 13.3. The van der Waals surface area contributed by atoms with E-state index in [0.29, 0.717) is 16.3 Å². The summed E-state index contributed by atoms with van der Waals surface area (Å²) in [6.07, 6.45) is 0. The van der Waals surface area contributed by atoms with Crippen molar-refractivity contribution < 1.29 is 9.18 Å². The molecule has 2 aromatic rings. The number of hydrogen-bond acceptors (Lipinski definition) is 2. The molecule has 0 atom stereocenters. The summed E-state index contributed by atoms with van der Waals surface area (Å²) in [6.45, 7) is 0. The third kappa shape index (κ3) is 2.28. The van der Waals surface area contributed by atoms with Gasteiger partial charge in [0.15, 0.2) is 0 Å². The van der Waals surface area contributed by atoms with Gasteiger partial charge in [0.25, 0.3) is 0 Å². The van der Waals surface area contributed by atoms with Crippen molar-refractivity contribution in [2.45, 2.75) is 0 Å². The topological polar surface area (TPSA) is 69.1 Å². The van der Waals surface area contributed by atoms with Gasteiger partial charge in [-0.05, 0) is 35.9 Å². The average Bonchev–Trinajstić information content (AvgIpc) is 2.32. The van der Waals surface area contributed by atoms with Crippen LogP contribution in [0.3, 0.4) is 0 Å². The molecule has 5 heteroatoms. The summed E-state index contributed by atoms with van der Waals surface area (Å²) in [4.78, 5) is 11.4. The molecule has 0 spiro atoms. The minimum Gasteiger partial charge on any atom is -0.399 e. The second-order valence-corrected chi connectivity index (χ2v) is 4.23. The van der Waals surface area contributed by atoms with Crippen LogP contribution in [0.2, 0.25) is 5.02 Å². The highest BCUT2D eigenvalue weighted by Gasteiger charge is 2.14. The first-order chi connectivity index (χ1) is 8.49. The van der Waals surface area contributed by atoms with Gasteiger partial charge in [-0.2, -0.15) is 0 Å². The van der Waals surface area contributed by atoms with Crippen molar-refractivity contribution in [1.29, 1.82) is 0 Å². The van der Waals surface area contributed by atoms with Crippen molar-refractivity contribution in [3.63, 3.8) is 0 Å². The number of halogens is 2. The summed E-state index contributed by atoms with van der Waals surface area (Å²) >= 11 is 5.82. The van der Waals surface area contributed by atoms with E-state index in [1.165, 1.54) is 24.3 Å². The monoisotopic (exact) mass is 264 g/mol. The van der Waals surface area contributed by atoms with E-state index < -0.39 is 11.7 Å². The van der Waals surface area contributed by atoms with E-state index >= 15 is 0 Å². The van der Waals surface area contributed by atoms with Gasteiger partial charge in [-0.1, -0.05) is 17.7 Å². The normalized spacial score (nSPS) is 10.3. The summed E-state index contributed by atoms with van der Waals surface area (Å²) in [5.74, 6) is -1.15. The number of hydrogen-bond donors (Lipinski definition) is 2. The number of nitrogens with two attached hydrogens (primary N) is 2. The molecule has 0 aliphatic carbocycles. The molecule has 3 nitrogen and oxygen atoms in total. The first kappa shape index (κ1) is 12.4. The Kier molecular flexibility index (Phi) is 3.21. The third-order valence-corrected chi connectivity index (χ3v) is 2.76. The third-order valence-electron chi connectivity index (χ3n) is 2.53. The molecule has 0 saturated carbocycles. The highest BCUT2D eigenvalue weighted by Crippen LogP contribution is 2.29. The summed E-state index contributed by atoms with van der Waals surface area (Å²) in [7, 11) is 0. The van der Waals surface area contributed by atoms with Crippen LogP contribution < -0.4 is 11.5 Å². The van der Waals surface area contributed by atoms with Crippen molar-refractivity contribution in [3.05, 3.63) is 52.8 Å². The fourth-order valence-corrected chi connectivity index (χ4v) is 1.88. The van der Waals surface area contributed by atoms with Crippen LogP contribution in [0.25, 0.3) is 11.1 Å². The van der Waals surface area contributed by atoms with Crippen LogP contribution in [0.15, 0.2) is 36.4 Å². The quantitative estimate of drug-likeness (QED) is 0.819. The number of carbonyl (C=O) groups excluding carboxylic acids is 1. The van der Waals surface area contributed by atoms with Crippen LogP contribution in [-0.4, -0.2) is 5.91 Å². The minimum atomic E-state index is -0.670. The molecule has 1 amide bonds. The van der Waals surface area contributed by atoms with Crippen molar-refractivity contribution in [1.82, 2.24) is 0 Å². The summed E-state index contributed by atoms with van der Waals surface area (Å²) in [6, 6.07) is 8.64. The molecule has 4 N–H and O–H groups in total. The molecule has 0 unspecified atom stereocenters. The van der Waals surface area contributed by atoms with Crippen molar-refractivity contribution >= 4 is 23.2 Å². The van der Waals surface area contributed by atoms with Gasteiger partial charge in [-0.25, -0.2) is 4.39 Å². The van der Waals surface area contributed by atoms with Crippen molar-refractivity contribution in [3.8, 4) is 11.1 Å². The predicted octanol–water partition coefficient (Wildman–Crippen LogP) is 2.83. The number of nitrogen functional groups attached to an aromatic ring is 1. The Labute approximate surface area is 108 Å². The standard InChI is InChI=1S/C13H10ClFN2O/c14-7-1-4-12(15)10(5-7)9-3-2-8(16)6-11(9)13(17)18/h1-6H,16H2,(H2,17,18). The fraction of sp³-hybridized carbons (Fsp3) is 0. The van der Waals surface area contributed by atoms with Crippen LogP contribution in [0, 0.1) is 5.82 Å². The summed E-state index contributed by atoms with van der Waals surface area (Å²) < 4.78 is 13.8. The summed E-state index contributed by atoms with van der Waals surface area (Å²) in [5.41, 5.74) is 12.0. The second kappa shape index (κ2) is 4.66. The van der Waals surface area contributed by atoms with Crippen molar-refractivity contribution in [2.24, 2.45) is 5.73 Å². The Balaban J connectivity index is 2.70. The lowest BCUT2D eigenvalue weighted by Crippen LogP contribution is -2.13. The number of rotatable bonds is 2. The molecule has 0 aromatic heterocycles. The predicted molar refractivity (Wildman–Crippen MR) is 69.8 cm³/mol. The number of benzene rings is 2. The lowest BCUT2D eigenvalue weighted by atomic mass is 9.98. The first-order valence-electron chi connectivity index (χ1n) is 5.14. The molecular formula is C13H10ClFN2O. The van der Waals surface area contributed by atoms with E-state index in [2.05, 4.69) is 0 Å². The fourth-order valence-electron chi connectivity index (χ4n) is 1.70. The molecule has 2 aromatic carbocycles. The highest BCUT2D eigenvalue weighted by molar-refractivity contribution is 6.30. The number of anilines is 1. The minimum absolute atomic E-state index is 0.163. The largest absolute Gasteiger partial charge is 0.399 e. The van der Waals surface area contributed by atoms with Crippen LogP contribution in [0.5, 0.6) is 0 Å². The Morgan fingerprint density at radius 2 is 1.83 bits per heavy atom. The molecule has 0 fully saturated rings. The number of amides is 1. The van der Waals surface area contributed by atoms with Gasteiger partial charge in [0.1, 0.15) is 5.82 Å². The van der Waals surface area contributed by atoms with Gasteiger partial charge < -0.3 is 11.5 Å². The zero-order valence-electron chi connectivity index (χ0n) is 9.28. The Bertz CT molecular complexity index is 628. The molecule has 0 aliphatic heterocycles. The van der Waals surface area contributed by atoms with Crippen LogP contribution in [0.4, 0.5) is 10.1 Å². The van der Waals surface area contributed by atoms with Crippen LogP contribution >= 0.6 is 11.6 Å². The Morgan fingerprint density at radius 3 is 2.50 bits per heavy atom. The van der Waals surface area contributed by atoms with E-state index in [-0.39, 0.29) is 11.1 Å². The molecule has 2 rings (SSSR count). The van der Waals surface area contributed by atoms with E-state index in [0.717, 1.165) is 0 Å². The van der Waals surface area contributed by atoms with Gasteiger partial charge in [-0.3, -0.25) is 4.79 Å². The van der Waals surface area contributed by atoms with E-state index in [1.54, 1.807) is 12.1 Å². The summed E-state index contributed by atoms with van der Waals surface area (Å²) in [5, 5.41) is 0.374. The maximum atomic E-state index is 13.8. The van der Waals surface area contributed by atoms with Crippen LogP contribution in [0.1, 0.15) is 10.4 Å². The lowest BCUT2D eigenvalue weighted by molar-refractivity contribution is 0.100. The molecule has 0 aliphatic rings. The molecule has 0 saturated heterocycles. The maximum Gasteiger partial charge on any atom is 0.249 e. The van der Waals surface area contributed by atoms with Gasteiger partial charge in [0, 0.05) is 21.8 Å². The molecule has 0 heterocycles. The highest BCUT2D eigenvalue weighted by atomic mass is 35.5. The average molecular weight is 265 g/mol. The van der Waals surface area contributed by atoms with Gasteiger partial charge in [-0.15, -0.1) is 0 Å². The van der Waals surface area contributed by atoms with E-state index in [1.807, 2.05) is 0 Å². The van der Waals surface area contributed by atoms with E-state index in [9.17, 15) is 9.18 Å². The lowest BCUT2D eigenvalue weighted by Gasteiger charge is -2.09. The van der Waals surface area contributed by atoms with E-state index in [4.69, 9.17) is 23.1 Å². The molecular weight excluding hydrogens is 255 g/mol. The maximum absolute atomic E-state index is 13.8. The van der Waals surface area contributed by atoms with Crippen LogP contribution in [-0.2, 0) is 0 Å². The first-order valence-corrected chi connectivity index (χ1v) is 5.51. The van der Waals surface area contributed by atoms with Gasteiger partial charge in [0.05, 0.1) is 0 Å². The Hall–Kier alpha value is -2.07. The molecule has 92 valence electrons. The SMILES string of the molecule is NC(=O)c1cc(N)ccc1-c1cc(Cl)ccc1F. The second-order valence-electron chi connectivity index (χ2n) is 3.79. The number of carbonyl (C=O) groups is 1. The van der Waals surface area contributed by atoms with Gasteiger partial charge >= 0.3 is 0 Å². The molecule has 0 bridgehead atoms. The van der Waals surface area contributed by atoms with Gasteiger partial charge in [0.2, 0.25) is 5.91 Å².